The van der Waals surface area contributed by atoms with Crippen LogP contribution in [-0.2, 0) is 14.8 Å². The van der Waals surface area contributed by atoms with Gasteiger partial charge in [0.15, 0.2) is 0 Å². The van der Waals surface area contributed by atoms with Crippen molar-refractivity contribution in [2.24, 2.45) is 5.10 Å². The zero-order valence-corrected chi connectivity index (χ0v) is 16.6. The van der Waals surface area contributed by atoms with Gasteiger partial charge in [-0.3, -0.25) is 9.10 Å². The van der Waals surface area contributed by atoms with Crippen LogP contribution in [0.5, 0.6) is 5.75 Å². The van der Waals surface area contributed by atoms with E-state index in [2.05, 4.69) is 15.4 Å². The molecule has 0 atom stereocenters. The summed E-state index contributed by atoms with van der Waals surface area (Å²) in [5, 5.41) is 4.37. The van der Waals surface area contributed by atoms with Gasteiger partial charge in [-0.1, -0.05) is 11.6 Å². The number of hydrogen-bond acceptors (Lipinski definition) is 6. The van der Waals surface area contributed by atoms with Gasteiger partial charge in [-0.15, -0.1) is 0 Å². The second-order valence-electron chi connectivity index (χ2n) is 6.10. The molecule has 1 aromatic carbocycles. The van der Waals surface area contributed by atoms with E-state index in [1.165, 1.54) is 19.2 Å². The van der Waals surface area contributed by atoms with Crippen molar-refractivity contribution in [2.75, 3.05) is 44.4 Å². The molecule has 2 rings (SSSR count). The zero-order valence-electron chi connectivity index (χ0n) is 15.0. The number of methoxy groups -OCH3 is 1. The van der Waals surface area contributed by atoms with Crippen molar-refractivity contribution in [3.05, 3.63) is 23.2 Å². The third-order valence-corrected chi connectivity index (χ3v) is 5.45. The van der Waals surface area contributed by atoms with Crippen molar-refractivity contribution in [3.8, 4) is 5.75 Å². The molecule has 8 nitrogen and oxygen atoms in total. The number of hydrogen-bond donors (Lipinski definition) is 1. The van der Waals surface area contributed by atoms with E-state index in [-0.39, 0.29) is 10.7 Å². The number of rotatable bonds is 6. The maximum Gasteiger partial charge on any atom is 0.260 e. The number of anilines is 1. The number of nitrogens with zero attached hydrogens (tertiary/aromatic N) is 3. The fourth-order valence-corrected chi connectivity index (χ4v) is 3.61. The summed E-state index contributed by atoms with van der Waals surface area (Å²) in [6.07, 6.45) is 2.59. The predicted molar refractivity (Wildman–Crippen MR) is 103 cm³/mol. The molecule has 0 saturated carbocycles. The Bertz CT molecular complexity index is 787. The molecule has 1 amide bonds. The van der Waals surface area contributed by atoms with E-state index >= 15 is 0 Å². The summed E-state index contributed by atoms with van der Waals surface area (Å²) in [6.45, 7) is 1.38. The van der Waals surface area contributed by atoms with Crippen molar-refractivity contribution >= 4 is 38.9 Å². The monoisotopic (exact) mass is 402 g/mol. The summed E-state index contributed by atoms with van der Waals surface area (Å²) >= 11 is 6.06. The minimum absolute atomic E-state index is 0.255. The first-order valence-electron chi connectivity index (χ1n) is 8.05. The summed E-state index contributed by atoms with van der Waals surface area (Å²) in [7, 11) is -0.192. The van der Waals surface area contributed by atoms with Crippen LogP contribution in [0.15, 0.2) is 23.3 Å². The number of hydrazone groups is 1. The molecule has 26 heavy (non-hydrogen) atoms. The third kappa shape index (κ3) is 5.58. The van der Waals surface area contributed by atoms with E-state index < -0.39 is 22.5 Å². The van der Waals surface area contributed by atoms with E-state index in [9.17, 15) is 13.2 Å². The Kier molecular flexibility index (Phi) is 6.85. The summed E-state index contributed by atoms with van der Waals surface area (Å²) in [6, 6.07) is 4.52. The van der Waals surface area contributed by atoms with Crippen molar-refractivity contribution in [3.63, 3.8) is 0 Å². The molecule has 1 fully saturated rings. The van der Waals surface area contributed by atoms with Gasteiger partial charge in [0, 0.05) is 31.6 Å². The number of ether oxygens (including phenoxy) is 1. The van der Waals surface area contributed by atoms with E-state index in [0.717, 1.165) is 42.2 Å². The number of carbonyl (C=O) groups excluding carboxylic acids is 1. The fraction of sp³-hybridized carbons (Fsp3) is 0.500. The first-order valence-corrected chi connectivity index (χ1v) is 10.3. The summed E-state index contributed by atoms with van der Waals surface area (Å²) in [5.74, 6) is -0.101. The highest BCUT2D eigenvalue weighted by Gasteiger charge is 2.22. The Hall–Kier alpha value is -1.84. The maximum absolute atomic E-state index is 12.2. The molecule has 0 bridgehead atoms. The highest BCUT2D eigenvalue weighted by atomic mass is 35.5. The van der Waals surface area contributed by atoms with Gasteiger partial charge in [-0.2, -0.15) is 5.10 Å². The van der Waals surface area contributed by atoms with Gasteiger partial charge in [0.1, 0.15) is 12.3 Å². The van der Waals surface area contributed by atoms with E-state index in [0.29, 0.717) is 5.75 Å². The molecule has 1 N–H and O–H groups in total. The Labute approximate surface area is 158 Å². The molecule has 10 heteroatoms. The molecule has 1 aromatic rings. The van der Waals surface area contributed by atoms with Crippen LogP contribution in [0.4, 0.5) is 5.69 Å². The first kappa shape index (κ1) is 20.5. The highest BCUT2D eigenvalue weighted by molar-refractivity contribution is 7.92. The number of nitrogens with one attached hydrogen (secondary N) is 1. The van der Waals surface area contributed by atoms with Crippen LogP contribution in [0, 0.1) is 0 Å². The van der Waals surface area contributed by atoms with Gasteiger partial charge in [0.25, 0.3) is 5.91 Å². The molecular formula is C16H23ClN4O4S. The molecule has 0 spiro atoms. The number of sulfonamides is 1. The smallest absolute Gasteiger partial charge is 0.260 e. The van der Waals surface area contributed by atoms with Gasteiger partial charge in [-0.25, -0.2) is 13.8 Å². The summed E-state index contributed by atoms with van der Waals surface area (Å²) < 4.78 is 30.2. The predicted octanol–water partition coefficient (Wildman–Crippen LogP) is 1.31. The number of piperidine rings is 1. The lowest BCUT2D eigenvalue weighted by atomic mass is 10.1. The standard InChI is InChI=1S/C16H23ClN4O4S/c1-20-8-6-12(7-9-20)18-19-16(22)11-21(26(3,23)24)13-4-5-15(25-2)14(17)10-13/h4-5,10H,6-9,11H2,1-3H3,(H,19,22). The van der Waals surface area contributed by atoms with E-state index in [4.69, 9.17) is 16.3 Å². The number of likely N-dealkylation sites (tertiary alicyclic amines) is 1. The second-order valence-corrected chi connectivity index (χ2v) is 8.42. The van der Waals surface area contributed by atoms with Crippen LogP contribution in [0.2, 0.25) is 5.02 Å². The topological polar surface area (TPSA) is 91.3 Å². The molecule has 1 saturated heterocycles. The van der Waals surface area contributed by atoms with Crippen LogP contribution < -0.4 is 14.5 Å². The second kappa shape index (κ2) is 8.70. The van der Waals surface area contributed by atoms with Crippen LogP contribution >= 0.6 is 11.6 Å². The number of benzene rings is 1. The zero-order chi connectivity index (χ0) is 19.3. The molecule has 0 aromatic heterocycles. The lowest BCUT2D eigenvalue weighted by Crippen LogP contribution is -2.39. The van der Waals surface area contributed by atoms with Gasteiger partial charge >= 0.3 is 0 Å². The lowest BCUT2D eigenvalue weighted by molar-refractivity contribution is -0.119. The van der Waals surface area contributed by atoms with Crippen LogP contribution in [0.1, 0.15) is 12.8 Å². The van der Waals surface area contributed by atoms with Crippen LogP contribution in [0.25, 0.3) is 0 Å². The van der Waals surface area contributed by atoms with Gasteiger partial charge in [0.2, 0.25) is 10.0 Å². The third-order valence-electron chi connectivity index (χ3n) is 4.01. The Balaban J connectivity index is 2.10. The van der Waals surface area contributed by atoms with E-state index in [1.54, 1.807) is 6.07 Å². The molecular weight excluding hydrogens is 380 g/mol. The quantitative estimate of drug-likeness (QED) is 0.724. The van der Waals surface area contributed by atoms with Crippen LogP contribution in [-0.4, -0.2) is 65.0 Å². The molecule has 144 valence electrons. The molecule has 1 aliphatic rings. The molecule has 1 heterocycles. The molecule has 0 radical (unpaired) electrons. The average molecular weight is 403 g/mol. The Morgan fingerprint density at radius 1 is 1.38 bits per heavy atom. The normalized spacial score (nSPS) is 15.5. The molecule has 0 aliphatic carbocycles. The Morgan fingerprint density at radius 2 is 2.04 bits per heavy atom. The number of carbonyl (C=O) groups is 1. The summed E-state index contributed by atoms with van der Waals surface area (Å²) in [4.78, 5) is 14.4. The van der Waals surface area contributed by atoms with Gasteiger partial charge in [-0.05, 0) is 25.2 Å². The largest absolute Gasteiger partial charge is 0.495 e. The lowest BCUT2D eigenvalue weighted by Gasteiger charge is -2.23. The van der Waals surface area contributed by atoms with Crippen LogP contribution in [0.3, 0.4) is 0 Å². The molecule has 0 unspecified atom stereocenters. The highest BCUT2D eigenvalue weighted by Crippen LogP contribution is 2.30. The minimum atomic E-state index is -3.68. The first-order chi connectivity index (χ1) is 12.2. The Morgan fingerprint density at radius 3 is 2.58 bits per heavy atom. The van der Waals surface area contributed by atoms with Crippen molar-refractivity contribution < 1.29 is 17.9 Å². The summed E-state index contributed by atoms with van der Waals surface area (Å²) in [5.41, 5.74) is 3.62. The maximum atomic E-state index is 12.2. The molecule has 1 aliphatic heterocycles. The van der Waals surface area contributed by atoms with Crippen molar-refractivity contribution in [1.29, 1.82) is 0 Å². The number of amides is 1. The van der Waals surface area contributed by atoms with Gasteiger partial charge < -0.3 is 9.64 Å². The fourth-order valence-electron chi connectivity index (χ4n) is 2.51. The van der Waals surface area contributed by atoms with Crippen molar-refractivity contribution in [1.82, 2.24) is 10.3 Å². The van der Waals surface area contributed by atoms with Crippen molar-refractivity contribution in [2.45, 2.75) is 12.8 Å². The SMILES string of the molecule is COc1ccc(N(CC(=O)NN=C2CCN(C)CC2)S(C)(=O)=O)cc1Cl. The average Bonchev–Trinajstić information content (AvgIpc) is 2.58. The van der Waals surface area contributed by atoms with Gasteiger partial charge in [0.05, 0.1) is 24.1 Å². The number of halogens is 1. The minimum Gasteiger partial charge on any atom is -0.495 e. The van der Waals surface area contributed by atoms with E-state index in [1.807, 2.05) is 7.05 Å².